The van der Waals surface area contributed by atoms with Crippen molar-refractivity contribution in [2.24, 2.45) is 0 Å². The lowest BCUT2D eigenvalue weighted by Gasteiger charge is -2.05. The Kier molecular flexibility index (Phi) is 4.29. The van der Waals surface area contributed by atoms with Crippen LogP contribution in [0.1, 0.15) is 18.5 Å². The molecule has 0 bridgehead atoms. The van der Waals surface area contributed by atoms with Crippen molar-refractivity contribution in [1.82, 2.24) is 9.38 Å². The maximum atomic E-state index is 11.8. The van der Waals surface area contributed by atoms with E-state index in [1.807, 2.05) is 53.9 Å². The van der Waals surface area contributed by atoms with Gasteiger partial charge >= 0.3 is 5.97 Å². The molecule has 0 aliphatic heterocycles. The number of nitrogens with one attached hydrogen (secondary N) is 1. The number of carbonyl (C=O) groups excluding carboxylic acids is 1. The summed E-state index contributed by atoms with van der Waals surface area (Å²) in [5.74, 6) is -1.31. The molecule has 6 heteroatoms. The molecule has 0 saturated carbocycles. The zero-order valence-electron chi connectivity index (χ0n) is 13.2. The number of rotatable bonds is 5. The average Bonchev–Trinajstić information content (AvgIpc) is 2.99. The highest BCUT2D eigenvalue weighted by Crippen LogP contribution is 2.23. The summed E-state index contributed by atoms with van der Waals surface area (Å²) in [5, 5.41) is 11.3. The van der Waals surface area contributed by atoms with Crippen LogP contribution >= 0.6 is 0 Å². The Morgan fingerprint density at radius 1 is 1.17 bits per heavy atom. The molecule has 0 spiro atoms. The lowest BCUT2D eigenvalue weighted by Crippen LogP contribution is -2.13. The number of hydrogen-bond donors (Lipinski definition) is 2. The molecule has 1 aromatic carbocycles. The van der Waals surface area contributed by atoms with Crippen molar-refractivity contribution in [3.05, 3.63) is 54.4 Å². The molecule has 0 unspecified atom stereocenters. The van der Waals surface area contributed by atoms with Crippen LogP contribution in [0, 0.1) is 6.92 Å². The summed E-state index contributed by atoms with van der Waals surface area (Å²) in [7, 11) is 0. The van der Waals surface area contributed by atoms with Gasteiger partial charge in [-0.1, -0.05) is 18.2 Å². The van der Waals surface area contributed by atoms with Gasteiger partial charge in [0, 0.05) is 29.6 Å². The van der Waals surface area contributed by atoms with Gasteiger partial charge in [0.15, 0.2) is 0 Å². The number of aliphatic carboxylic acids is 1. The first kappa shape index (κ1) is 15.7. The monoisotopic (exact) mass is 323 g/mol. The summed E-state index contributed by atoms with van der Waals surface area (Å²) < 4.78 is 2.01. The highest BCUT2D eigenvalue weighted by Gasteiger charge is 2.09. The number of pyridine rings is 1. The fourth-order valence-electron chi connectivity index (χ4n) is 2.49. The van der Waals surface area contributed by atoms with Crippen molar-refractivity contribution in [2.45, 2.75) is 19.8 Å². The Hall–Kier alpha value is -3.15. The highest BCUT2D eigenvalue weighted by atomic mass is 16.4. The van der Waals surface area contributed by atoms with Gasteiger partial charge in [-0.05, 0) is 31.2 Å². The molecule has 3 rings (SSSR count). The minimum Gasteiger partial charge on any atom is -0.481 e. The minimum atomic E-state index is -0.987. The van der Waals surface area contributed by atoms with Crippen LogP contribution in [-0.2, 0) is 9.59 Å². The Morgan fingerprint density at radius 3 is 2.71 bits per heavy atom. The number of carbonyl (C=O) groups is 2. The second kappa shape index (κ2) is 6.54. The number of hydrogen-bond acceptors (Lipinski definition) is 3. The standard InChI is InChI=1S/C18H17N3O3/c1-12-4-2-7-16-20-15(11-21(12)16)13-5-3-6-14(10-13)19-17(22)8-9-18(23)24/h2-7,10-11H,8-9H2,1H3,(H,19,22)(H,23,24). The number of benzene rings is 1. The van der Waals surface area contributed by atoms with Crippen LogP contribution < -0.4 is 5.32 Å². The van der Waals surface area contributed by atoms with Crippen molar-refractivity contribution >= 4 is 23.2 Å². The Bertz CT molecular complexity index is 915. The zero-order valence-corrected chi connectivity index (χ0v) is 13.2. The smallest absolute Gasteiger partial charge is 0.303 e. The van der Waals surface area contributed by atoms with Gasteiger partial charge in [-0.25, -0.2) is 4.98 Å². The molecule has 3 aromatic rings. The van der Waals surface area contributed by atoms with Crippen molar-refractivity contribution in [3.8, 4) is 11.3 Å². The van der Waals surface area contributed by atoms with E-state index in [-0.39, 0.29) is 18.7 Å². The van der Waals surface area contributed by atoms with Gasteiger partial charge in [0.1, 0.15) is 5.65 Å². The van der Waals surface area contributed by atoms with Gasteiger partial charge < -0.3 is 14.8 Å². The fraction of sp³-hybridized carbons (Fsp3) is 0.167. The predicted molar refractivity (Wildman–Crippen MR) is 90.9 cm³/mol. The van der Waals surface area contributed by atoms with E-state index in [0.29, 0.717) is 5.69 Å². The van der Waals surface area contributed by atoms with E-state index in [1.165, 1.54) is 0 Å². The van der Waals surface area contributed by atoms with Crippen LogP contribution in [-0.4, -0.2) is 26.4 Å². The first-order valence-electron chi connectivity index (χ1n) is 7.60. The van der Waals surface area contributed by atoms with Crippen LogP contribution in [0.5, 0.6) is 0 Å². The number of amides is 1. The molecule has 0 aliphatic rings. The number of carboxylic acid groups (broad SMARTS) is 1. The summed E-state index contributed by atoms with van der Waals surface area (Å²) in [5.41, 5.74) is 4.27. The van der Waals surface area contributed by atoms with E-state index >= 15 is 0 Å². The SMILES string of the molecule is Cc1cccc2nc(-c3cccc(NC(=O)CCC(=O)O)c3)cn12. The molecular weight excluding hydrogens is 306 g/mol. The van der Waals surface area contributed by atoms with Crippen LogP contribution in [0.25, 0.3) is 16.9 Å². The first-order valence-corrected chi connectivity index (χ1v) is 7.60. The Labute approximate surface area is 138 Å². The van der Waals surface area contributed by atoms with Crippen LogP contribution in [0.2, 0.25) is 0 Å². The molecule has 0 radical (unpaired) electrons. The summed E-state index contributed by atoms with van der Waals surface area (Å²) in [6, 6.07) is 13.3. The molecule has 0 saturated heterocycles. The molecule has 2 N–H and O–H groups in total. The topological polar surface area (TPSA) is 83.7 Å². The molecule has 0 fully saturated rings. The Balaban J connectivity index is 1.83. The quantitative estimate of drug-likeness (QED) is 0.755. The summed E-state index contributed by atoms with van der Waals surface area (Å²) in [4.78, 5) is 26.9. The van der Waals surface area contributed by atoms with Gasteiger partial charge in [0.05, 0.1) is 12.1 Å². The van der Waals surface area contributed by atoms with Crippen LogP contribution in [0.4, 0.5) is 5.69 Å². The van der Waals surface area contributed by atoms with Gasteiger partial charge in [-0.2, -0.15) is 0 Å². The van der Waals surface area contributed by atoms with Crippen LogP contribution in [0.3, 0.4) is 0 Å². The summed E-state index contributed by atoms with van der Waals surface area (Å²) in [6.07, 6.45) is 1.72. The third kappa shape index (κ3) is 3.43. The molecule has 2 aromatic heterocycles. The number of nitrogens with zero attached hydrogens (tertiary/aromatic N) is 2. The maximum Gasteiger partial charge on any atom is 0.303 e. The molecule has 0 aliphatic carbocycles. The van der Waals surface area contributed by atoms with Crippen LogP contribution in [0.15, 0.2) is 48.7 Å². The van der Waals surface area contributed by atoms with Gasteiger partial charge in [0.25, 0.3) is 0 Å². The van der Waals surface area contributed by atoms with E-state index < -0.39 is 5.97 Å². The van der Waals surface area contributed by atoms with E-state index in [9.17, 15) is 9.59 Å². The molecule has 122 valence electrons. The number of aryl methyl sites for hydroxylation is 1. The maximum absolute atomic E-state index is 11.8. The third-order valence-corrected chi connectivity index (χ3v) is 3.70. The normalized spacial score (nSPS) is 10.7. The number of aromatic nitrogens is 2. The number of carboxylic acids is 1. The van der Waals surface area contributed by atoms with Gasteiger partial charge in [-0.3, -0.25) is 9.59 Å². The lowest BCUT2D eigenvalue weighted by molar-refractivity contribution is -0.138. The molecule has 1 amide bonds. The third-order valence-electron chi connectivity index (χ3n) is 3.70. The van der Waals surface area contributed by atoms with Crippen molar-refractivity contribution in [3.63, 3.8) is 0 Å². The Morgan fingerprint density at radius 2 is 1.96 bits per heavy atom. The molecule has 6 nitrogen and oxygen atoms in total. The number of fused-ring (bicyclic) bond motifs is 1. The fourth-order valence-corrected chi connectivity index (χ4v) is 2.49. The molecule has 2 heterocycles. The lowest BCUT2D eigenvalue weighted by atomic mass is 10.1. The average molecular weight is 323 g/mol. The van der Waals surface area contributed by atoms with Crippen molar-refractivity contribution in [1.29, 1.82) is 0 Å². The van der Waals surface area contributed by atoms with Crippen molar-refractivity contribution in [2.75, 3.05) is 5.32 Å². The second-order valence-corrected chi connectivity index (χ2v) is 5.54. The zero-order chi connectivity index (χ0) is 17.1. The van der Waals surface area contributed by atoms with Gasteiger partial charge in [-0.15, -0.1) is 0 Å². The molecular formula is C18H17N3O3. The minimum absolute atomic E-state index is 0.0485. The molecule has 0 atom stereocenters. The summed E-state index contributed by atoms with van der Waals surface area (Å²) in [6.45, 7) is 2.01. The first-order chi connectivity index (χ1) is 11.5. The summed E-state index contributed by atoms with van der Waals surface area (Å²) >= 11 is 0. The highest BCUT2D eigenvalue weighted by molar-refractivity contribution is 5.93. The van der Waals surface area contributed by atoms with E-state index in [1.54, 1.807) is 6.07 Å². The molecule has 24 heavy (non-hydrogen) atoms. The number of anilines is 1. The largest absolute Gasteiger partial charge is 0.481 e. The predicted octanol–water partition coefficient (Wildman–Crippen LogP) is 3.11. The second-order valence-electron chi connectivity index (χ2n) is 5.54. The van der Waals surface area contributed by atoms with E-state index in [4.69, 9.17) is 5.11 Å². The van der Waals surface area contributed by atoms with Gasteiger partial charge in [0.2, 0.25) is 5.91 Å². The number of imidazole rings is 1. The van der Waals surface area contributed by atoms with E-state index in [0.717, 1.165) is 22.6 Å². The van der Waals surface area contributed by atoms with Crippen molar-refractivity contribution < 1.29 is 14.7 Å². The van der Waals surface area contributed by atoms with E-state index in [2.05, 4.69) is 10.3 Å².